The number of amides is 1. The van der Waals surface area contributed by atoms with E-state index in [4.69, 9.17) is 0 Å². The molecule has 19 heavy (non-hydrogen) atoms. The van der Waals surface area contributed by atoms with Gasteiger partial charge in [-0.15, -0.1) is 0 Å². The molecule has 0 bridgehead atoms. The highest BCUT2D eigenvalue weighted by molar-refractivity contribution is 5.81. The van der Waals surface area contributed by atoms with E-state index in [1.807, 2.05) is 0 Å². The summed E-state index contributed by atoms with van der Waals surface area (Å²) in [7, 11) is 1.74. The second-order valence-electron chi connectivity index (χ2n) is 5.04. The van der Waals surface area contributed by atoms with Crippen LogP contribution in [-0.2, 0) is 16.0 Å². The van der Waals surface area contributed by atoms with Crippen molar-refractivity contribution in [3.63, 3.8) is 0 Å². The van der Waals surface area contributed by atoms with Gasteiger partial charge in [-0.2, -0.15) is 0 Å². The Kier molecular flexibility index (Phi) is 4.30. The van der Waals surface area contributed by atoms with E-state index in [0.717, 1.165) is 12.8 Å². The van der Waals surface area contributed by atoms with Crippen LogP contribution >= 0.6 is 0 Å². The van der Waals surface area contributed by atoms with Crippen LogP contribution in [0.2, 0.25) is 0 Å². The van der Waals surface area contributed by atoms with Crippen LogP contribution in [-0.4, -0.2) is 29.7 Å². The summed E-state index contributed by atoms with van der Waals surface area (Å²) in [5.74, 6) is -0.168. The number of halogens is 1. The third-order valence-electron chi connectivity index (χ3n) is 3.75. The minimum absolute atomic E-state index is 0.0770. The molecule has 1 aliphatic carbocycles. The molecule has 1 saturated carbocycles. The number of ketones is 1. The van der Waals surface area contributed by atoms with E-state index in [1.165, 1.54) is 6.07 Å². The molecule has 4 heteroatoms. The van der Waals surface area contributed by atoms with Crippen molar-refractivity contribution in [3.05, 3.63) is 35.6 Å². The molecule has 0 heterocycles. The third kappa shape index (κ3) is 3.40. The van der Waals surface area contributed by atoms with E-state index in [1.54, 1.807) is 30.1 Å². The second kappa shape index (κ2) is 5.95. The van der Waals surface area contributed by atoms with Gasteiger partial charge in [0.05, 0.1) is 6.42 Å². The molecule has 0 unspecified atom stereocenters. The van der Waals surface area contributed by atoms with Gasteiger partial charge >= 0.3 is 0 Å². The lowest BCUT2D eigenvalue weighted by Crippen LogP contribution is -2.40. The summed E-state index contributed by atoms with van der Waals surface area (Å²) in [6, 6.07) is 6.44. The zero-order valence-corrected chi connectivity index (χ0v) is 11.1. The summed E-state index contributed by atoms with van der Waals surface area (Å²) in [5.41, 5.74) is 0.422. The molecule has 0 atom stereocenters. The number of rotatable bonds is 3. The van der Waals surface area contributed by atoms with Crippen molar-refractivity contribution in [3.8, 4) is 0 Å². The molecule has 102 valence electrons. The fourth-order valence-corrected chi connectivity index (χ4v) is 2.44. The summed E-state index contributed by atoms with van der Waals surface area (Å²) in [5, 5.41) is 0. The van der Waals surface area contributed by atoms with Gasteiger partial charge in [-0.3, -0.25) is 9.59 Å². The van der Waals surface area contributed by atoms with Crippen LogP contribution in [0.5, 0.6) is 0 Å². The standard InChI is InChI=1S/C15H18FNO2/c1-17(12-6-8-13(18)9-7-12)15(19)10-11-4-2-3-5-14(11)16/h2-5,12H,6-10H2,1H3. The summed E-state index contributed by atoms with van der Waals surface area (Å²) in [6.07, 6.45) is 2.61. The molecular formula is C15H18FNO2. The van der Waals surface area contributed by atoms with Gasteiger partial charge in [0.1, 0.15) is 11.6 Å². The average Bonchev–Trinajstić information content (AvgIpc) is 2.41. The van der Waals surface area contributed by atoms with E-state index in [0.29, 0.717) is 18.4 Å². The number of carbonyl (C=O) groups excluding carboxylic acids is 2. The number of nitrogens with zero attached hydrogens (tertiary/aromatic N) is 1. The lowest BCUT2D eigenvalue weighted by molar-refractivity contribution is -0.133. The first kappa shape index (κ1) is 13.7. The van der Waals surface area contributed by atoms with Crippen molar-refractivity contribution < 1.29 is 14.0 Å². The lowest BCUT2D eigenvalue weighted by Gasteiger charge is -2.30. The summed E-state index contributed by atoms with van der Waals surface area (Å²) in [4.78, 5) is 25.0. The maximum absolute atomic E-state index is 13.5. The van der Waals surface area contributed by atoms with Gasteiger partial charge in [-0.1, -0.05) is 18.2 Å². The number of benzene rings is 1. The van der Waals surface area contributed by atoms with E-state index >= 15 is 0 Å². The monoisotopic (exact) mass is 263 g/mol. The normalized spacial score (nSPS) is 16.4. The Bertz CT molecular complexity index is 477. The first-order chi connectivity index (χ1) is 9.08. The van der Waals surface area contributed by atoms with Gasteiger partial charge in [0.2, 0.25) is 5.91 Å². The molecule has 0 N–H and O–H groups in total. The maximum atomic E-state index is 13.5. The van der Waals surface area contributed by atoms with E-state index in [9.17, 15) is 14.0 Å². The minimum atomic E-state index is -0.344. The maximum Gasteiger partial charge on any atom is 0.227 e. The van der Waals surface area contributed by atoms with Gasteiger partial charge in [0.15, 0.2) is 0 Å². The second-order valence-corrected chi connectivity index (χ2v) is 5.04. The Morgan fingerprint density at radius 1 is 1.32 bits per heavy atom. The SMILES string of the molecule is CN(C(=O)Cc1ccccc1F)C1CCC(=O)CC1. The molecule has 3 nitrogen and oxygen atoms in total. The van der Waals surface area contributed by atoms with E-state index in [-0.39, 0.29) is 30.0 Å². The Morgan fingerprint density at radius 3 is 2.58 bits per heavy atom. The highest BCUT2D eigenvalue weighted by Gasteiger charge is 2.25. The smallest absolute Gasteiger partial charge is 0.227 e. The lowest BCUT2D eigenvalue weighted by atomic mass is 9.93. The fourth-order valence-electron chi connectivity index (χ4n) is 2.44. The fraction of sp³-hybridized carbons (Fsp3) is 0.467. The largest absolute Gasteiger partial charge is 0.342 e. The predicted octanol–water partition coefficient (Wildman–Crippen LogP) is 2.34. The molecule has 1 amide bonds. The van der Waals surface area contributed by atoms with Crippen molar-refractivity contribution in [2.75, 3.05) is 7.05 Å². The molecule has 0 aliphatic heterocycles. The summed E-state index contributed by atoms with van der Waals surface area (Å²) < 4.78 is 13.5. The van der Waals surface area contributed by atoms with Crippen LogP contribution in [0.4, 0.5) is 4.39 Å². The Hall–Kier alpha value is -1.71. The Morgan fingerprint density at radius 2 is 1.95 bits per heavy atom. The van der Waals surface area contributed by atoms with Crippen LogP contribution in [0.15, 0.2) is 24.3 Å². The first-order valence-corrected chi connectivity index (χ1v) is 6.58. The topological polar surface area (TPSA) is 37.4 Å². The van der Waals surface area contributed by atoms with Gasteiger partial charge in [-0.05, 0) is 24.5 Å². The molecule has 1 aliphatic rings. The van der Waals surface area contributed by atoms with Crippen molar-refractivity contribution >= 4 is 11.7 Å². The molecule has 0 radical (unpaired) electrons. The molecule has 1 aromatic rings. The molecule has 1 fully saturated rings. The van der Waals surface area contributed by atoms with Crippen LogP contribution in [0.3, 0.4) is 0 Å². The third-order valence-corrected chi connectivity index (χ3v) is 3.75. The van der Waals surface area contributed by atoms with Crippen LogP contribution in [0.25, 0.3) is 0 Å². The zero-order valence-electron chi connectivity index (χ0n) is 11.1. The Labute approximate surface area is 112 Å². The van der Waals surface area contributed by atoms with Gasteiger partial charge in [-0.25, -0.2) is 4.39 Å². The van der Waals surface area contributed by atoms with E-state index in [2.05, 4.69) is 0 Å². The highest BCUT2D eigenvalue weighted by atomic mass is 19.1. The number of hydrogen-bond acceptors (Lipinski definition) is 2. The highest BCUT2D eigenvalue weighted by Crippen LogP contribution is 2.20. The number of likely N-dealkylation sites (N-methyl/N-ethyl adjacent to an activating group) is 1. The number of hydrogen-bond donors (Lipinski definition) is 0. The molecule has 2 rings (SSSR count). The summed E-state index contributed by atoms with van der Waals surface area (Å²) >= 11 is 0. The average molecular weight is 263 g/mol. The van der Waals surface area contributed by atoms with Crippen LogP contribution in [0.1, 0.15) is 31.2 Å². The van der Waals surface area contributed by atoms with Gasteiger partial charge in [0, 0.05) is 25.9 Å². The van der Waals surface area contributed by atoms with Crippen molar-refractivity contribution in [1.82, 2.24) is 4.90 Å². The van der Waals surface area contributed by atoms with Crippen molar-refractivity contribution in [1.29, 1.82) is 0 Å². The predicted molar refractivity (Wildman–Crippen MR) is 70.1 cm³/mol. The van der Waals surface area contributed by atoms with Crippen molar-refractivity contribution in [2.45, 2.75) is 38.1 Å². The molecule has 1 aromatic carbocycles. The number of carbonyl (C=O) groups is 2. The quantitative estimate of drug-likeness (QED) is 0.839. The number of Topliss-reactive ketones (excluding diaryl/α,β-unsaturated/α-hetero) is 1. The first-order valence-electron chi connectivity index (χ1n) is 6.58. The van der Waals surface area contributed by atoms with Gasteiger partial charge < -0.3 is 4.90 Å². The molecule has 0 aromatic heterocycles. The van der Waals surface area contributed by atoms with Crippen molar-refractivity contribution in [2.24, 2.45) is 0 Å². The van der Waals surface area contributed by atoms with Crippen LogP contribution in [0, 0.1) is 5.82 Å². The molecule has 0 saturated heterocycles. The molecule has 0 spiro atoms. The van der Waals surface area contributed by atoms with E-state index < -0.39 is 0 Å². The zero-order chi connectivity index (χ0) is 13.8. The minimum Gasteiger partial charge on any atom is -0.342 e. The van der Waals surface area contributed by atoms with Gasteiger partial charge in [0.25, 0.3) is 0 Å². The molecular weight excluding hydrogens is 245 g/mol. The van der Waals surface area contributed by atoms with Crippen LogP contribution < -0.4 is 0 Å². The Balaban J connectivity index is 1.96. The summed E-state index contributed by atoms with van der Waals surface area (Å²) in [6.45, 7) is 0.